The van der Waals surface area contributed by atoms with Crippen LogP contribution in [0.1, 0.15) is 82.7 Å². The number of fused-ring (bicyclic) bond motifs is 1. The Morgan fingerprint density at radius 3 is 2.57 bits per heavy atom. The van der Waals surface area contributed by atoms with Gasteiger partial charge in [-0.05, 0) is 86.1 Å². The summed E-state index contributed by atoms with van der Waals surface area (Å²) in [4.78, 5) is 17.3. The number of aromatic nitrogens is 2. The van der Waals surface area contributed by atoms with Gasteiger partial charge in [-0.2, -0.15) is 0 Å². The van der Waals surface area contributed by atoms with Crippen molar-refractivity contribution in [2.45, 2.75) is 93.2 Å². The molecule has 3 N–H and O–H groups in total. The second-order valence-electron chi connectivity index (χ2n) is 12.7. The number of rotatable bonds is 18. The number of carbonyl (C=O) groups is 1. The Hall–Kier alpha value is -3.78. The molecule has 0 unspecified atom stereocenters. The van der Waals surface area contributed by atoms with Gasteiger partial charge in [-0.25, -0.2) is 0 Å². The van der Waals surface area contributed by atoms with Gasteiger partial charge in [-0.1, -0.05) is 64.1 Å². The zero-order valence-corrected chi connectivity index (χ0v) is 29.7. The number of ether oxygens (including phenoxy) is 2. The molecule has 0 aliphatic rings. The minimum Gasteiger partial charge on any atom is -0.501 e. The maximum absolute atomic E-state index is 12.5. The number of hydrogen-bond donors (Lipinski definition) is 2. The molecule has 0 saturated carbocycles. The molecule has 2 aromatic carbocycles. The number of ketones is 1. The molecule has 0 aliphatic carbocycles. The molecular formula is C40H56N4O3. The number of nitrogens with zero attached hydrogens (tertiary/aromatic N) is 2. The zero-order valence-electron chi connectivity index (χ0n) is 29.7. The van der Waals surface area contributed by atoms with Crippen LogP contribution >= 0.6 is 0 Å². The Bertz CT molecular complexity index is 1600. The molecule has 0 bridgehead atoms. The molecule has 4 rings (SSSR count). The van der Waals surface area contributed by atoms with Crippen LogP contribution in [0.5, 0.6) is 0 Å². The van der Waals surface area contributed by atoms with Crippen molar-refractivity contribution < 1.29 is 14.3 Å². The highest BCUT2D eigenvalue weighted by Crippen LogP contribution is 2.41. The van der Waals surface area contributed by atoms with Crippen LogP contribution in [-0.4, -0.2) is 35.6 Å². The lowest BCUT2D eigenvalue weighted by atomic mass is 9.84. The van der Waals surface area contributed by atoms with Crippen molar-refractivity contribution >= 4 is 16.7 Å². The van der Waals surface area contributed by atoms with Gasteiger partial charge in [0.25, 0.3) is 0 Å². The van der Waals surface area contributed by atoms with Crippen molar-refractivity contribution in [3.63, 3.8) is 0 Å². The highest BCUT2D eigenvalue weighted by molar-refractivity contribution is 5.95. The summed E-state index contributed by atoms with van der Waals surface area (Å²) < 4.78 is 13.7. The van der Waals surface area contributed by atoms with Crippen LogP contribution in [0.3, 0.4) is 0 Å². The van der Waals surface area contributed by atoms with Crippen molar-refractivity contribution in [3.05, 3.63) is 90.0 Å². The molecule has 0 fully saturated rings. The Morgan fingerprint density at radius 1 is 1.09 bits per heavy atom. The molecule has 0 atom stereocenters. The number of aryl methyl sites for hydroxylation is 3. The first-order valence-electron chi connectivity index (χ1n) is 17.1. The summed E-state index contributed by atoms with van der Waals surface area (Å²) in [6, 6.07) is 17.7. The number of carbonyl (C=O) groups excluding carboxylic acids is 1. The fraction of sp³-hybridized carbons (Fsp3) is 0.450. The van der Waals surface area contributed by atoms with Gasteiger partial charge in [0, 0.05) is 61.1 Å². The average Bonchev–Trinajstić information content (AvgIpc) is 3.37. The molecule has 2 aromatic heterocycles. The van der Waals surface area contributed by atoms with Gasteiger partial charge in [0.1, 0.15) is 5.78 Å². The minimum absolute atomic E-state index is 0.140. The van der Waals surface area contributed by atoms with Gasteiger partial charge < -0.3 is 14.0 Å². The third-order valence-electron chi connectivity index (χ3n) is 8.35. The van der Waals surface area contributed by atoms with E-state index in [1.807, 2.05) is 26.1 Å². The number of unbranched alkanes of at least 4 members (excludes halogenated alkanes) is 1. The average molecular weight is 641 g/mol. The predicted octanol–water partition coefficient (Wildman–Crippen LogP) is 8.74. The first-order valence-corrected chi connectivity index (χ1v) is 17.1. The summed E-state index contributed by atoms with van der Waals surface area (Å²) in [7, 11) is 1.71. The topological polar surface area (TPSA) is 91.4 Å². The van der Waals surface area contributed by atoms with E-state index in [0.29, 0.717) is 31.8 Å². The fourth-order valence-electron chi connectivity index (χ4n) is 6.27. The van der Waals surface area contributed by atoms with Gasteiger partial charge in [0.05, 0.1) is 30.9 Å². The lowest BCUT2D eigenvalue weighted by Gasteiger charge is -2.25. The zero-order chi connectivity index (χ0) is 34.4. The second-order valence-corrected chi connectivity index (χ2v) is 12.7. The van der Waals surface area contributed by atoms with E-state index < -0.39 is 0 Å². The van der Waals surface area contributed by atoms with Crippen LogP contribution in [0.2, 0.25) is 0 Å². The van der Waals surface area contributed by atoms with E-state index in [1.165, 1.54) is 45.1 Å². The number of hydrazine groups is 1. The SMILES string of the molecule is C=COCC(C)(C)Cc1c(-c2cccnc2COC)n(CC)c2ccc(-c3cc(C)cc(CCC(=O)CCCCNN)c3)cc12.CC. The maximum Gasteiger partial charge on any atom is 0.133 e. The highest BCUT2D eigenvalue weighted by Gasteiger charge is 2.27. The van der Waals surface area contributed by atoms with Crippen LogP contribution in [0.4, 0.5) is 0 Å². The number of pyridine rings is 1. The van der Waals surface area contributed by atoms with Gasteiger partial charge in [-0.3, -0.25) is 21.0 Å². The third kappa shape index (κ3) is 10.1. The number of hydrogen-bond acceptors (Lipinski definition) is 6. The Morgan fingerprint density at radius 2 is 1.87 bits per heavy atom. The van der Waals surface area contributed by atoms with Crippen molar-refractivity contribution in [2.75, 3.05) is 20.3 Å². The summed E-state index contributed by atoms with van der Waals surface area (Å²) in [6.07, 6.45) is 7.85. The van der Waals surface area contributed by atoms with E-state index in [4.69, 9.17) is 20.3 Å². The van der Waals surface area contributed by atoms with Gasteiger partial charge >= 0.3 is 0 Å². The van der Waals surface area contributed by atoms with E-state index in [1.54, 1.807) is 7.11 Å². The molecular weight excluding hydrogens is 584 g/mol. The van der Waals surface area contributed by atoms with Gasteiger partial charge in [0.15, 0.2) is 0 Å². The highest BCUT2D eigenvalue weighted by atomic mass is 16.5. The largest absolute Gasteiger partial charge is 0.501 e. The summed E-state index contributed by atoms with van der Waals surface area (Å²) in [5.74, 6) is 5.65. The quantitative estimate of drug-likeness (QED) is 0.0489. The lowest BCUT2D eigenvalue weighted by Crippen LogP contribution is -2.22. The smallest absolute Gasteiger partial charge is 0.133 e. The van der Waals surface area contributed by atoms with Crippen molar-refractivity contribution in [1.82, 2.24) is 15.0 Å². The standard InChI is InChI=1S/C38H50N4O3.C2H6/c1-7-42-36-17-15-29(30-21-27(3)20-28(22-30)14-16-31(43)12-9-10-19-41-39)23-33(36)34(24-38(4,5)26-45-8-2)37(42)32-13-11-18-40-35(32)25-44-6;1-2/h8,11,13,15,17-18,20-23,41H,2,7,9-10,12,14,16,19,24-26,39H2,1,3-6H3;1-2H3. The van der Waals surface area contributed by atoms with Gasteiger partial charge in [0.2, 0.25) is 0 Å². The molecule has 7 heteroatoms. The summed E-state index contributed by atoms with van der Waals surface area (Å²) >= 11 is 0. The van der Waals surface area contributed by atoms with E-state index in [-0.39, 0.29) is 5.41 Å². The summed E-state index contributed by atoms with van der Waals surface area (Å²) in [6.45, 7) is 19.1. The van der Waals surface area contributed by atoms with Crippen LogP contribution in [0, 0.1) is 12.3 Å². The maximum atomic E-state index is 12.5. The number of Topliss-reactive ketones (excluding diaryl/α,β-unsaturated/α-hetero) is 1. The van der Waals surface area contributed by atoms with Gasteiger partial charge in [-0.15, -0.1) is 0 Å². The van der Waals surface area contributed by atoms with Crippen LogP contribution in [0.15, 0.2) is 67.6 Å². The van der Waals surface area contributed by atoms with E-state index in [9.17, 15) is 4.79 Å². The molecule has 47 heavy (non-hydrogen) atoms. The van der Waals surface area contributed by atoms with E-state index in [0.717, 1.165) is 55.6 Å². The molecule has 0 radical (unpaired) electrons. The number of nitrogens with two attached hydrogens (primary N) is 1. The molecule has 7 nitrogen and oxygen atoms in total. The van der Waals surface area contributed by atoms with Crippen LogP contribution in [0.25, 0.3) is 33.3 Å². The number of nitrogens with one attached hydrogen (secondary N) is 1. The first kappa shape index (κ1) is 37.7. The van der Waals surface area contributed by atoms with Crippen molar-refractivity contribution in [3.8, 4) is 22.4 Å². The summed E-state index contributed by atoms with van der Waals surface area (Å²) in [5.41, 5.74) is 12.9. The molecule has 254 valence electrons. The normalized spacial score (nSPS) is 11.3. The first-order chi connectivity index (χ1) is 22.7. The molecule has 0 aliphatic heterocycles. The summed E-state index contributed by atoms with van der Waals surface area (Å²) in [5, 5.41) is 1.23. The molecule has 2 heterocycles. The number of benzene rings is 2. The van der Waals surface area contributed by atoms with E-state index in [2.05, 4.69) is 86.7 Å². The molecule has 0 saturated heterocycles. The van der Waals surface area contributed by atoms with Crippen LogP contribution < -0.4 is 11.3 Å². The van der Waals surface area contributed by atoms with E-state index >= 15 is 0 Å². The predicted molar refractivity (Wildman–Crippen MR) is 196 cm³/mol. The Labute approximate surface area is 282 Å². The fourth-order valence-corrected chi connectivity index (χ4v) is 6.27. The Balaban J connectivity index is 0.00000294. The Kier molecular flexibility index (Phi) is 14.9. The molecule has 0 spiro atoms. The van der Waals surface area contributed by atoms with Crippen molar-refractivity contribution in [2.24, 2.45) is 11.3 Å². The molecule has 0 amide bonds. The van der Waals surface area contributed by atoms with Crippen LogP contribution in [-0.2, 0) is 40.3 Å². The number of methoxy groups -OCH3 is 1. The van der Waals surface area contributed by atoms with Crippen molar-refractivity contribution in [1.29, 1.82) is 0 Å². The minimum atomic E-state index is -0.140. The second kappa shape index (κ2) is 18.5. The molecule has 4 aromatic rings. The third-order valence-corrected chi connectivity index (χ3v) is 8.35. The monoisotopic (exact) mass is 640 g/mol. The lowest BCUT2D eigenvalue weighted by molar-refractivity contribution is -0.119.